The molecule has 0 aliphatic carbocycles. The Morgan fingerprint density at radius 3 is 2.55 bits per heavy atom. The summed E-state index contributed by atoms with van der Waals surface area (Å²) in [5.41, 5.74) is 0.470. The number of nitrogens with one attached hydrogen (secondary N) is 1. The summed E-state index contributed by atoms with van der Waals surface area (Å²) in [6.07, 6.45) is 0. The number of phenols is 1. The Bertz CT molecular complexity index is 698. The van der Waals surface area contributed by atoms with Crippen LogP contribution in [0, 0.1) is 10.1 Å². The molecule has 114 valence electrons. The van der Waals surface area contributed by atoms with Crippen LogP contribution in [0.3, 0.4) is 0 Å². The molecule has 0 saturated heterocycles. The van der Waals surface area contributed by atoms with Gasteiger partial charge in [-0.25, -0.2) is 0 Å². The Balaban J connectivity index is 2.05. The van der Waals surface area contributed by atoms with E-state index < -0.39 is 22.3 Å². The molecule has 0 radical (unpaired) electrons. The Morgan fingerprint density at radius 2 is 1.95 bits per heavy atom. The van der Waals surface area contributed by atoms with Crippen molar-refractivity contribution in [3.05, 3.63) is 63.7 Å². The normalized spacial score (nSPS) is 10.0. The van der Waals surface area contributed by atoms with Crippen molar-refractivity contribution < 1.29 is 19.6 Å². The van der Waals surface area contributed by atoms with Gasteiger partial charge in [0.25, 0.3) is 5.91 Å². The van der Waals surface area contributed by atoms with Crippen molar-refractivity contribution in [3.63, 3.8) is 0 Å². The fourth-order valence-corrected chi connectivity index (χ4v) is 1.84. The molecule has 0 saturated carbocycles. The summed E-state index contributed by atoms with van der Waals surface area (Å²) in [6, 6.07) is 10.6. The molecule has 0 unspecified atom stereocenters. The lowest BCUT2D eigenvalue weighted by Crippen LogP contribution is -2.22. The van der Waals surface area contributed by atoms with Crippen LogP contribution in [0.15, 0.2) is 42.5 Å². The highest BCUT2D eigenvalue weighted by Gasteiger charge is 2.16. The predicted octanol–water partition coefficient (Wildman–Crippen LogP) is 2.24. The summed E-state index contributed by atoms with van der Waals surface area (Å²) < 4.78 is 5.04. The van der Waals surface area contributed by atoms with Crippen LogP contribution in [0.5, 0.6) is 11.5 Å². The number of carbonyl (C=O) groups excluding carboxylic acids is 1. The highest BCUT2D eigenvalue weighted by molar-refractivity contribution is 5.95. The molecule has 0 fully saturated rings. The molecule has 0 aromatic heterocycles. The largest absolute Gasteiger partial charge is 0.502 e. The summed E-state index contributed by atoms with van der Waals surface area (Å²) in [5, 5.41) is 22.8. The zero-order valence-electron chi connectivity index (χ0n) is 11.8. The molecule has 7 nitrogen and oxygen atoms in total. The van der Waals surface area contributed by atoms with Gasteiger partial charge in [-0.15, -0.1) is 0 Å². The molecule has 0 spiro atoms. The number of aromatic hydroxyl groups is 1. The average Bonchev–Trinajstić information content (AvgIpc) is 2.53. The van der Waals surface area contributed by atoms with Gasteiger partial charge in [0.1, 0.15) is 5.75 Å². The lowest BCUT2D eigenvalue weighted by molar-refractivity contribution is -0.385. The zero-order chi connectivity index (χ0) is 16.1. The van der Waals surface area contributed by atoms with E-state index in [-0.39, 0.29) is 12.1 Å². The smallest absolute Gasteiger partial charge is 0.311 e. The predicted molar refractivity (Wildman–Crippen MR) is 78.9 cm³/mol. The third-order valence-corrected chi connectivity index (χ3v) is 3.05. The molecule has 7 heteroatoms. The molecule has 2 rings (SSSR count). The average molecular weight is 302 g/mol. The number of methoxy groups -OCH3 is 1. The van der Waals surface area contributed by atoms with E-state index in [0.29, 0.717) is 5.75 Å². The first-order valence-corrected chi connectivity index (χ1v) is 6.40. The van der Waals surface area contributed by atoms with Crippen molar-refractivity contribution in [2.75, 3.05) is 7.11 Å². The van der Waals surface area contributed by atoms with E-state index in [1.165, 1.54) is 6.07 Å². The molecule has 0 heterocycles. The maximum Gasteiger partial charge on any atom is 0.311 e. The van der Waals surface area contributed by atoms with Gasteiger partial charge in [0.15, 0.2) is 5.75 Å². The molecule has 0 aliphatic rings. The van der Waals surface area contributed by atoms with Gasteiger partial charge in [-0.3, -0.25) is 14.9 Å². The Labute approximate surface area is 126 Å². The molecule has 2 aromatic rings. The number of hydrogen-bond donors (Lipinski definition) is 2. The van der Waals surface area contributed by atoms with Crippen molar-refractivity contribution in [1.82, 2.24) is 5.32 Å². The second-order valence-electron chi connectivity index (χ2n) is 4.49. The third kappa shape index (κ3) is 3.51. The van der Waals surface area contributed by atoms with E-state index in [1.54, 1.807) is 31.4 Å². The Morgan fingerprint density at radius 1 is 1.27 bits per heavy atom. The van der Waals surface area contributed by atoms with E-state index in [1.807, 2.05) is 0 Å². The molecular formula is C15H14N2O5. The van der Waals surface area contributed by atoms with Crippen molar-refractivity contribution in [2.45, 2.75) is 6.54 Å². The quantitative estimate of drug-likeness (QED) is 0.651. The maximum atomic E-state index is 12.0. The molecule has 1 amide bonds. The molecule has 2 aromatic carbocycles. The van der Waals surface area contributed by atoms with E-state index in [0.717, 1.165) is 17.7 Å². The van der Waals surface area contributed by atoms with Gasteiger partial charge in [0.05, 0.1) is 12.0 Å². The van der Waals surface area contributed by atoms with Crippen molar-refractivity contribution in [3.8, 4) is 11.5 Å². The number of hydrogen-bond acceptors (Lipinski definition) is 5. The van der Waals surface area contributed by atoms with Gasteiger partial charge in [-0.1, -0.05) is 12.1 Å². The minimum Gasteiger partial charge on any atom is -0.502 e. The first-order chi connectivity index (χ1) is 10.5. The number of nitrogens with zero attached hydrogens (tertiary/aromatic N) is 1. The van der Waals surface area contributed by atoms with Crippen LogP contribution < -0.4 is 10.1 Å². The minimum absolute atomic E-state index is 0.109. The van der Waals surface area contributed by atoms with Crippen molar-refractivity contribution >= 4 is 11.6 Å². The van der Waals surface area contributed by atoms with Crippen LogP contribution in [0.2, 0.25) is 0 Å². The fraction of sp³-hybridized carbons (Fsp3) is 0.133. The zero-order valence-corrected chi connectivity index (χ0v) is 11.8. The number of rotatable bonds is 5. The highest BCUT2D eigenvalue weighted by Crippen LogP contribution is 2.26. The minimum atomic E-state index is -0.740. The van der Waals surface area contributed by atoms with E-state index in [9.17, 15) is 20.0 Å². The number of ether oxygens (including phenoxy) is 1. The van der Waals surface area contributed by atoms with Gasteiger partial charge >= 0.3 is 5.69 Å². The Hall–Kier alpha value is -3.09. The topological polar surface area (TPSA) is 102 Å². The number of nitro groups is 1. The number of phenolic OH excluding ortho intramolecular Hbond substituents is 1. The first-order valence-electron chi connectivity index (χ1n) is 6.40. The highest BCUT2D eigenvalue weighted by atomic mass is 16.6. The second-order valence-corrected chi connectivity index (χ2v) is 4.49. The molecule has 0 bridgehead atoms. The van der Waals surface area contributed by atoms with Gasteiger partial charge < -0.3 is 15.2 Å². The van der Waals surface area contributed by atoms with Crippen molar-refractivity contribution in [1.29, 1.82) is 0 Å². The first kappa shape index (κ1) is 15.3. The van der Waals surface area contributed by atoms with Crippen LogP contribution >= 0.6 is 0 Å². The van der Waals surface area contributed by atoms with E-state index in [4.69, 9.17) is 4.74 Å². The number of benzene rings is 2. The van der Waals surface area contributed by atoms with Gasteiger partial charge in [-0.05, 0) is 29.8 Å². The third-order valence-electron chi connectivity index (χ3n) is 3.05. The van der Waals surface area contributed by atoms with Crippen LogP contribution in [0.25, 0.3) is 0 Å². The molecule has 22 heavy (non-hydrogen) atoms. The molecule has 0 aliphatic heterocycles. The lowest BCUT2D eigenvalue weighted by Gasteiger charge is -2.07. The van der Waals surface area contributed by atoms with Gasteiger partial charge in [0, 0.05) is 18.2 Å². The summed E-state index contributed by atoms with van der Waals surface area (Å²) in [4.78, 5) is 22.0. The van der Waals surface area contributed by atoms with Gasteiger partial charge in [0.2, 0.25) is 0 Å². The molecule has 0 atom stereocenters. The van der Waals surface area contributed by atoms with E-state index >= 15 is 0 Å². The molecular weight excluding hydrogens is 288 g/mol. The van der Waals surface area contributed by atoms with Crippen LogP contribution in [0.1, 0.15) is 15.9 Å². The van der Waals surface area contributed by atoms with Crippen LogP contribution in [-0.2, 0) is 6.54 Å². The lowest BCUT2D eigenvalue weighted by atomic mass is 10.1. The molecule has 2 N–H and O–H groups in total. The standard InChI is InChI=1S/C15H14N2O5/c1-22-12-5-2-10(3-6-12)9-16-15(19)11-4-7-14(18)13(8-11)17(20)21/h2-8,18H,9H2,1H3,(H,16,19). The summed E-state index contributed by atoms with van der Waals surface area (Å²) >= 11 is 0. The number of amides is 1. The van der Waals surface area contributed by atoms with Crippen LogP contribution in [-0.4, -0.2) is 23.0 Å². The second kappa shape index (κ2) is 6.57. The van der Waals surface area contributed by atoms with Crippen LogP contribution in [0.4, 0.5) is 5.69 Å². The summed E-state index contributed by atoms with van der Waals surface area (Å²) in [5.74, 6) is -0.222. The SMILES string of the molecule is COc1ccc(CNC(=O)c2ccc(O)c([N+](=O)[O-])c2)cc1. The summed E-state index contributed by atoms with van der Waals surface area (Å²) in [7, 11) is 1.56. The number of carbonyl (C=O) groups is 1. The Kier molecular flexibility index (Phi) is 4.57. The fourth-order valence-electron chi connectivity index (χ4n) is 1.84. The monoisotopic (exact) mass is 302 g/mol. The summed E-state index contributed by atoms with van der Waals surface area (Å²) in [6.45, 7) is 0.275. The maximum absolute atomic E-state index is 12.0. The van der Waals surface area contributed by atoms with Crippen molar-refractivity contribution in [2.24, 2.45) is 0 Å². The number of nitro benzene ring substituents is 1. The van der Waals surface area contributed by atoms with Gasteiger partial charge in [-0.2, -0.15) is 0 Å². The van der Waals surface area contributed by atoms with E-state index in [2.05, 4.69) is 5.32 Å².